The van der Waals surface area contributed by atoms with Crippen molar-refractivity contribution in [2.24, 2.45) is 0 Å². The van der Waals surface area contributed by atoms with Crippen LogP contribution in [0.2, 0.25) is 0 Å². The Labute approximate surface area is 176 Å². The van der Waals surface area contributed by atoms with E-state index in [1.165, 1.54) is 17.7 Å². The van der Waals surface area contributed by atoms with Crippen LogP contribution in [-0.4, -0.2) is 73.7 Å². The summed E-state index contributed by atoms with van der Waals surface area (Å²) in [5.41, 5.74) is 2.49. The topological polar surface area (TPSA) is 48.0 Å². The number of hydrogen-bond acceptors (Lipinski definition) is 5. The molecule has 5 nitrogen and oxygen atoms in total. The molecule has 168 valence electrons. The lowest BCUT2D eigenvalue weighted by Crippen LogP contribution is -2.48. The van der Waals surface area contributed by atoms with E-state index >= 15 is 0 Å². The molecular formula is C22H32F3N3O2. The molecule has 1 aromatic carbocycles. The normalized spacial score (nSPS) is 21.5. The lowest BCUT2D eigenvalue weighted by atomic mass is 9.82. The van der Waals surface area contributed by atoms with Crippen LogP contribution < -0.4 is 10.1 Å². The molecule has 2 aliphatic rings. The van der Waals surface area contributed by atoms with Crippen molar-refractivity contribution in [2.45, 2.75) is 38.0 Å². The number of β-amino-alcohol motifs (C(OH)–C–C–N with tert-alkyl or cyclic N) is 1. The lowest BCUT2D eigenvalue weighted by molar-refractivity contribution is -0.274. The first-order valence-electron chi connectivity index (χ1n) is 10.8. The van der Waals surface area contributed by atoms with Crippen molar-refractivity contribution >= 4 is 0 Å². The molecule has 2 fully saturated rings. The summed E-state index contributed by atoms with van der Waals surface area (Å²) in [5, 5.41) is 12.4. The van der Waals surface area contributed by atoms with E-state index in [-0.39, 0.29) is 12.4 Å². The van der Waals surface area contributed by atoms with Gasteiger partial charge in [-0.3, -0.25) is 9.80 Å². The SMILES string of the molecule is OCCN1CCN(CCNC=C2CCC(c3ccc(OC(F)(F)F)cc3)CC2)CC1. The van der Waals surface area contributed by atoms with Crippen LogP contribution in [0.1, 0.15) is 37.2 Å². The molecular weight excluding hydrogens is 395 g/mol. The van der Waals surface area contributed by atoms with Gasteiger partial charge in [-0.25, -0.2) is 0 Å². The molecule has 0 radical (unpaired) electrons. The molecule has 1 saturated heterocycles. The zero-order valence-electron chi connectivity index (χ0n) is 17.3. The summed E-state index contributed by atoms with van der Waals surface area (Å²) in [6.07, 6.45) is 1.56. The average Bonchev–Trinajstić information content (AvgIpc) is 2.73. The second-order valence-corrected chi connectivity index (χ2v) is 8.05. The maximum Gasteiger partial charge on any atom is 0.573 e. The first kappa shape index (κ1) is 22.9. The summed E-state index contributed by atoms with van der Waals surface area (Å²) >= 11 is 0. The monoisotopic (exact) mass is 427 g/mol. The molecule has 1 aromatic rings. The number of ether oxygens (including phenoxy) is 1. The van der Waals surface area contributed by atoms with E-state index < -0.39 is 6.36 Å². The number of hydrogen-bond donors (Lipinski definition) is 2. The van der Waals surface area contributed by atoms with Gasteiger partial charge in [0.2, 0.25) is 0 Å². The number of nitrogens with one attached hydrogen (secondary N) is 1. The Balaban J connectivity index is 1.34. The minimum absolute atomic E-state index is 0.165. The van der Waals surface area contributed by atoms with E-state index in [0.717, 1.165) is 77.1 Å². The highest BCUT2D eigenvalue weighted by Crippen LogP contribution is 2.36. The second-order valence-electron chi connectivity index (χ2n) is 8.05. The van der Waals surface area contributed by atoms with Gasteiger partial charge in [-0.15, -0.1) is 13.2 Å². The Morgan fingerprint density at radius 3 is 2.17 bits per heavy atom. The third-order valence-electron chi connectivity index (χ3n) is 5.97. The summed E-state index contributed by atoms with van der Waals surface area (Å²) in [5.74, 6) is 0.221. The number of piperazine rings is 1. The first-order valence-corrected chi connectivity index (χ1v) is 10.8. The molecule has 1 aliphatic heterocycles. The Morgan fingerprint density at radius 2 is 1.60 bits per heavy atom. The van der Waals surface area contributed by atoms with Gasteiger partial charge >= 0.3 is 6.36 Å². The minimum Gasteiger partial charge on any atom is -0.406 e. The highest BCUT2D eigenvalue weighted by Gasteiger charge is 2.31. The first-order chi connectivity index (χ1) is 14.4. The van der Waals surface area contributed by atoms with Gasteiger partial charge in [-0.2, -0.15) is 0 Å². The largest absolute Gasteiger partial charge is 0.573 e. The smallest absolute Gasteiger partial charge is 0.406 e. The summed E-state index contributed by atoms with van der Waals surface area (Å²) in [6.45, 7) is 7.08. The van der Waals surface area contributed by atoms with E-state index in [1.54, 1.807) is 12.1 Å². The number of benzene rings is 1. The summed E-state index contributed by atoms with van der Waals surface area (Å²) in [4.78, 5) is 4.74. The van der Waals surface area contributed by atoms with Crippen molar-refractivity contribution in [3.05, 3.63) is 41.6 Å². The molecule has 0 atom stereocenters. The van der Waals surface area contributed by atoms with Gasteiger partial charge in [0.1, 0.15) is 5.75 Å². The summed E-state index contributed by atoms with van der Waals surface area (Å²) in [7, 11) is 0. The van der Waals surface area contributed by atoms with Crippen LogP contribution in [0.15, 0.2) is 36.0 Å². The molecule has 1 aliphatic carbocycles. The third-order valence-corrected chi connectivity index (χ3v) is 5.97. The number of halogens is 3. The predicted molar refractivity (Wildman–Crippen MR) is 110 cm³/mol. The fourth-order valence-electron chi connectivity index (χ4n) is 4.23. The fourth-order valence-corrected chi connectivity index (χ4v) is 4.23. The number of aliphatic hydroxyl groups excluding tert-OH is 1. The van der Waals surface area contributed by atoms with Gasteiger partial charge in [-0.05, 0) is 55.5 Å². The molecule has 30 heavy (non-hydrogen) atoms. The van der Waals surface area contributed by atoms with Gasteiger partial charge in [0, 0.05) is 45.8 Å². The van der Waals surface area contributed by atoms with E-state index in [9.17, 15) is 13.2 Å². The standard InChI is InChI=1S/C22H32F3N3O2/c23-22(24,25)30-21-7-5-20(6-8-21)19-3-1-18(2-4-19)17-26-9-10-27-11-13-28(14-12-27)15-16-29/h5-8,17,19,26,29H,1-4,9-16H2. The van der Waals surface area contributed by atoms with Crippen LogP contribution in [0.5, 0.6) is 5.75 Å². The van der Waals surface area contributed by atoms with Gasteiger partial charge in [0.25, 0.3) is 0 Å². The molecule has 0 unspecified atom stereocenters. The molecule has 0 bridgehead atoms. The highest BCUT2D eigenvalue weighted by molar-refractivity contribution is 5.30. The Hall–Kier alpha value is -1.77. The van der Waals surface area contributed by atoms with Crippen LogP contribution >= 0.6 is 0 Å². The van der Waals surface area contributed by atoms with Crippen LogP contribution in [0.25, 0.3) is 0 Å². The zero-order chi connectivity index (χ0) is 21.4. The van der Waals surface area contributed by atoms with Crippen molar-refractivity contribution in [2.75, 3.05) is 52.4 Å². The van der Waals surface area contributed by atoms with Crippen molar-refractivity contribution in [1.29, 1.82) is 0 Å². The van der Waals surface area contributed by atoms with Gasteiger partial charge in [-0.1, -0.05) is 17.7 Å². The Morgan fingerprint density at radius 1 is 1.00 bits per heavy atom. The maximum absolute atomic E-state index is 12.3. The zero-order valence-corrected chi connectivity index (χ0v) is 17.3. The van der Waals surface area contributed by atoms with Gasteiger partial charge in [0.05, 0.1) is 6.61 Å². The van der Waals surface area contributed by atoms with Crippen molar-refractivity contribution in [3.8, 4) is 5.75 Å². The van der Waals surface area contributed by atoms with Crippen LogP contribution in [0.3, 0.4) is 0 Å². The van der Waals surface area contributed by atoms with Crippen LogP contribution in [-0.2, 0) is 0 Å². The quantitative estimate of drug-likeness (QED) is 0.624. The Kier molecular flexibility index (Phi) is 8.41. The Bertz CT molecular complexity index is 661. The third kappa shape index (κ3) is 7.49. The lowest BCUT2D eigenvalue weighted by Gasteiger charge is -2.34. The maximum atomic E-state index is 12.3. The fraction of sp³-hybridized carbons (Fsp3) is 0.636. The molecule has 0 aromatic heterocycles. The molecule has 0 spiro atoms. The van der Waals surface area contributed by atoms with Crippen molar-refractivity contribution in [1.82, 2.24) is 15.1 Å². The number of nitrogens with zero attached hydrogens (tertiary/aromatic N) is 2. The number of aliphatic hydroxyl groups is 1. The molecule has 1 saturated carbocycles. The molecule has 2 N–H and O–H groups in total. The minimum atomic E-state index is -4.65. The summed E-state index contributed by atoms with van der Waals surface area (Å²) in [6, 6.07) is 6.30. The van der Waals surface area contributed by atoms with Gasteiger partial charge < -0.3 is 15.2 Å². The average molecular weight is 428 g/mol. The highest BCUT2D eigenvalue weighted by atomic mass is 19.4. The molecule has 0 amide bonds. The predicted octanol–water partition coefficient (Wildman–Crippen LogP) is 3.33. The summed E-state index contributed by atoms with van der Waals surface area (Å²) < 4.78 is 40.8. The second kappa shape index (κ2) is 11.0. The van der Waals surface area contributed by atoms with E-state index in [1.807, 2.05) is 0 Å². The van der Waals surface area contributed by atoms with Crippen LogP contribution in [0, 0.1) is 0 Å². The van der Waals surface area contributed by atoms with Crippen molar-refractivity contribution < 1.29 is 23.0 Å². The number of alkyl halides is 3. The van der Waals surface area contributed by atoms with Crippen LogP contribution in [0.4, 0.5) is 13.2 Å². The van der Waals surface area contributed by atoms with Gasteiger partial charge in [0.15, 0.2) is 0 Å². The number of rotatable bonds is 8. The van der Waals surface area contributed by atoms with E-state index in [2.05, 4.69) is 26.1 Å². The van der Waals surface area contributed by atoms with E-state index in [4.69, 9.17) is 5.11 Å². The molecule has 1 heterocycles. The van der Waals surface area contributed by atoms with Crippen molar-refractivity contribution in [3.63, 3.8) is 0 Å². The molecule has 3 rings (SSSR count). The van der Waals surface area contributed by atoms with E-state index in [0.29, 0.717) is 5.92 Å². The number of allylic oxidation sites excluding steroid dienone is 1. The molecule has 8 heteroatoms.